The molecular formula is C69H118F2O4. The Labute approximate surface area is 462 Å². The topological polar surface area (TPSA) is 52.6 Å². The maximum absolute atomic E-state index is 17.3. The van der Waals surface area contributed by atoms with Crippen LogP contribution in [-0.4, -0.2) is 25.2 Å². The van der Waals surface area contributed by atoms with Crippen molar-refractivity contribution in [2.45, 2.75) is 337 Å². The van der Waals surface area contributed by atoms with Crippen LogP contribution in [-0.2, 0) is 53.6 Å². The van der Waals surface area contributed by atoms with Gasteiger partial charge in [0.25, 0.3) is 0 Å². The van der Waals surface area contributed by atoms with E-state index < -0.39 is 39.8 Å². The number of rotatable bonds is 40. The molecule has 0 aliphatic heterocycles. The SMILES string of the molecule is CCCCCCCCCCCCCCCCCCOC(=O)C(Cc1cc(C(C)(C)C)cc(C(C)(C)C)c1F)(Cc1cc(C(C)(C)C)cc(C(C)(C)C)c1F)C(=O)OCCCCCCCCCCCCCCCCCC. The number of hydrogen-bond acceptors (Lipinski definition) is 4. The molecule has 2 rings (SSSR count). The molecule has 0 saturated carbocycles. The summed E-state index contributed by atoms with van der Waals surface area (Å²) in [7, 11) is 0. The van der Waals surface area contributed by atoms with Crippen LogP contribution in [0.15, 0.2) is 24.3 Å². The summed E-state index contributed by atoms with van der Waals surface area (Å²) < 4.78 is 47.1. The fraction of sp³-hybridized carbons (Fsp3) is 0.797. The minimum atomic E-state index is -2.05. The summed E-state index contributed by atoms with van der Waals surface area (Å²) in [6.45, 7) is 29.2. The molecule has 6 heteroatoms. The van der Waals surface area contributed by atoms with Crippen molar-refractivity contribution < 1.29 is 27.8 Å². The van der Waals surface area contributed by atoms with Crippen LogP contribution in [0.5, 0.6) is 0 Å². The quantitative estimate of drug-likeness (QED) is 0.0379. The molecule has 0 atom stereocenters. The summed E-state index contributed by atoms with van der Waals surface area (Å²) in [6.07, 6.45) is 38.7. The normalized spacial score (nSPS) is 12.7. The number of carbonyl (C=O) groups excluding carboxylic acids is 2. The number of carbonyl (C=O) groups is 2. The first-order valence-corrected chi connectivity index (χ1v) is 31.4. The zero-order valence-corrected chi connectivity index (χ0v) is 51.7. The van der Waals surface area contributed by atoms with Gasteiger partial charge in [-0.2, -0.15) is 0 Å². The molecule has 2 aromatic rings. The predicted octanol–water partition coefficient (Wildman–Crippen LogP) is 21.5. The average Bonchev–Trinajstić information content (AvgIpc) is 3.32. The van der Waals surface area contributed by atoms with E-state index in [4.69, 9.17) is 9.47 Å². The molecule has 4 nitrogen and oxygen atoms in total. The average molecular weight is 1050 g/mol. The van der Waals surface area contributed by atoms with Crippen molar-refractivity contribution >= 4 is 11.9 Å². The molecule has 0 aromatic heterocycles. The fourth-order valence-electron chi connectivity index (χ4n) is 10.6. The summed E-state index contributed by atoms with van der Waals surface area (Å²) >= 11 is 0. The van der Waals surface area contributed by atoms with Crippen LogP contribution in [0, 0.1) is 17.0 Å². The van der Waals surface area contributed by atoms with Gasteiger partial charge in [0.05, 0.1) is 13.2 Å². The van der Waals surface area contributed by atoms with Gasteiger partial charge in [-0.05, 0) is 67.9 Å². The van der Waals surface area contributed by atoms with Gasteiger partial charge >= 0.3 is 11.9 Å². The number of esters is 2. The lowest BCUT2D eigenvalue weighted by Gasteiger charge is -2.33. The Balaban J connectivity index is 2.37. The van der Waals surface area contributed by atoms with Gasteiger partial charge in [0.15, 0.2) is 5.41 Å². The maximum Gasteiger partial charge on any atom is 0.324 e. The van der Waals surface area contributed by atoms with Gasteiger partial charge in [0.1, 0.15) is 11.6 Å². The van der Waals surface area contributed by atoms with Crippen LogP contribution >= 0.6 is 0 Å². The van der Waals surface area contributed by atoms with Gasteiger partial charge in [-0.1, -0.05) is 314 Å². The molecule has 0 amide bonds. The Bertz CT molecular complexity index is 1730. The first-order chi connectivity index (χ1) is 35.4. The molecule has 0 aliphatic rings. The molecule has 0 fully saturated rings. The number of halogens is 2. The highest BCUT2D eigenvalue weighted by molar-refractivity contribution is 6.01. The van der Waals surface area contributed by atoms with Crippen molar-refractivity contribution in [3.63, 3.8) is 0 Å². The van der Waals surface area contributed by atoms with Crippen LogP contribution < -0.4 is 0 Å². The van der Waals surface area contributed by atoms with E-state index in [1.165, 1.54) is 154 Å². The summed E-state index contributed by atoms with van der Waals surface area (Å²) in [6, 6.07) is 7.48. The van der Waals surface area contributed by atoms with Crippen LogP contribution in [0.25, 0.3) is 0 Å². The van der Waals surface area contributed by atoms with Gasteiger partial charge in [0, 0.05) is 12.8 Å². The number of hydrogen-bond donors (Lipinski definition) is 0. The standard InChI is InChI=1S/C69H118F2O4/c1-15-17-19-21-23-25-27-29-31-33-35-37-39-41-43-45-47-74-63(72)69(53-55-49-57(65(3,4)5)51-59(61(55)70)67(9,10)11,54-56-50-58(66(6,7)8)52-60(62(56)71)68(12,13)14)64(73)75-48-46-44-42-40-38-36-34-32-30-28-26-24-22-20-18-16-2/h49-52H,15-48,53-54H2,1-14H3. The second-order valence-corrected chi connectivity index (χ2v) is 27.3. The molecule has 0 unspecified atom stereocenters. The van der Waals surface area contributed by atoms with E-state index in [-0.39, 0.29) is 48.0 Å². The van der Waals surface area contributed by atoms with Crippen LogP contribution in [0.1, 0.15) is 336 Å². The number of ether oxygens (including phenoxy) is 2. The molecule has 0 N–H and O–H groups in total. The van der Waals surface area contributed by atoms with Crippen LogP contribution in [0.3, 0.4) is 0 Å². The third kappa shape index (κ3) is 26.6. The number of benzene rings is 2. The predicted molar refractivity (Wildman–Crippen MR) is 318 cm³/mol. The third-order valence-corrected chi connectivity index (χ3v) is 15.9. The Hall–Kier alpha value is -2.76. The molecule has 0 aliphatic carbocycles. The Kier molecular flexibility index (Phi) is 32.5. The van der Waals surface area contributed by atoms with Crippen molar-refractivity contribution in [2.75, 3.05) is 13.2 Å². The molecule has 2 aromatic carbocycles. The molecule has 0 radical (unpaired) electrons. The number of unbranched alkanes of at least 4 members (excludes halogenated alkanes) is 30. The van der Waals surface area contributed by atoms with E-state index in [1.807, 2.05) is 65.8 Å². The van der Waals surface area contributed by atoms with Crippen molar-refractivity contribution in [2.24, 2.45) is 5.41 Å². The van der Waals surface area contributed by atoms with E-state index in [0.29, 0.717) is 24.0 Å². The molecule has 0 heterocycles. The van der Waals surface area contributed by atoms with Crippen LogP contribution in [0.4, 0.5) is 8.78 Å². The summed E-state index contributed by atoms with van der Waals surface area (Å²) in [5.41, 5.74) is -0.600. The molecule has 75 heavy (non-hydrogen) atoms. The van der Waals surface area contributed by atoms with Gasteiger partial charge in [-0.3, -0.25) is 9.59 Å². The van der Waals surface area contributed by atoms with E-state index in [2.05, 4.69) is 55.4 Å². The molecular weight excluding hydrogens is 931 g/mol. The van der Waals surface area contributed by atoms with Gasteiger partial charge in [-0.15, -0.1) is 0 Å². The largest absolute Gasteiger partial charge is 0.465 e. The highest BCUT2D eigenvalue weighted by Gasteiger charge is 2.51. The molecule has 432 valence electrons. The maximum atomic E-state index is 17.3. The van der Waals surface area contributed by atoms with E-state index in [0.717, 1.165) is 49.7 Å². The minimum absolute atomic E-state index is 0.126. The third-order valence-electron chi connectivity index (χ3n) is 15.9. The minimum Gasteiger partial charge on any atom is -0.465 e. The molecule has 0 saturated heterocycles. The lowest BCUT2D eigenvalue weighted by Crippen LogP contribution is -2.46. The highest BCUT2D eigenvalue weighted by atomic mass is 19.1. The second-order valence-electron chi connectivity index (χ2n) is 27.3. The van der Waals surface area contributed by atoms with Gasteiger partial charge in [0.2, 0.25) is 0 Å². The molecule has 0 bridgehead atoms. The summed E-state index contributed by atoms with van der Waals surface area (Å²) in [4.78, 5) is 30.5. The van der Waals surface area contributed by atoms with Gasteiger partial charge in [-0.25, -0.2) is 8.78 Å². The summed E-state index contributed by atoms with van der Waals surface area (Å²) in [5, 5.41) is 0. The molecule has 0 spiro atoms. The lowest BCUT2D eigenvalue weighted by atomic mass is 9.71. The van der Waals surface area contributed by atoms with Crippen molar-refractivity contribution in [3.05, 3.63) is 69.3 Å². The fourth-order valence-corrected chi connectivity index (χ4v) is 10.6. The second kappa shape index (κ2) is 35.7. The Morgan fingerprint density at radius 1 is 0.347 bits per heavy atom. The van der Waals surface area contributed by atoms with E-state index in [9.17, 15) is 0 Å². The summed E-state index contributed by atoms with van der Waals surface area (Å²) in [5.74, 6) is -2.43. The highest BCUT2D eigenvalue weighted by Crippen LogP contribution is 2.41. The zero-order valence-electron chi connectivity index (χ0n) is 51.7. The van der Waals surface area contributed by atoms with E-state index in [1.54, 1.807) is 0 Å². The Morgan fingerprint density at radius 3 is 0.787 bits per heavy atom. The Morgan fingerprint density at radius 2 is 0.573 bits per heavy atom. The smallest absolute Gasteiger partial charge is 0.324 e. The first-order valence-electron chi connectivity index (χ1n) is 31.4. The monoisotopic (exact) mass is 1050 g/mol. The van der Waals surface area contributed by atoms with Gasteiger partial charge < -0.3 is 9.47 Å². The van der Waals surface area contributed by atoms with Crippen LogP contribution in [0.2, 0.25) is 0 Å². The van der Waals surface area contributed by atoms with Crippen molar-refractivity contribution in [3.8, 4) is 0 Å². The van der Waals surface area contributed by atoms with Crippen molar-refractivity contribution in [1.29, 1.82) is 0 Å². The zero-order chi connectivity index (χ0) is 56.0. The lowest BCUT2D eigenvalue weighted by molar-refractivity contribution is -0.173. The first kappa shape index (κ1) is 68.3. The van der Waals surface area contributed by atoms with E-state index >= 15 is 18.4 Å². The van der Waals surface area contributed by atoms with Crippen molar-refractivity contribution in [1.82, 2.24) is 0 Å².